The first kappa shape index (κ1) is 15.9. The summed E-state index contributed by atoms with van der Waals surface area (Å²) in [6, 6.07) is 8.85. The second kappa shape index (κ2) is 6.24. The van der Waals surface area contributed by atoms with E-state index < -0.39 is 27.4 Å². The molecule has 0 spiro atoms. The average molecular weight is 330 g/mol. The number of benzene rings is 1. The summed E-state index contributed by atoms with van der Waals surface area (Å²) in [5.41, 5.74) is -0.487. The molecular formula is C18H18O4S. The first-order valence-electron chi connectivity index (χ1n) is 7.52. The van der Waals surface area contributed by atoms with Crippen molar-refractivity contribution in [3.63, 3.8) is 0 Å². The maximum Gasteiger partial charge on any atom is 0.322 e. The first-order chi connectivity index (χ1) is 11.1. The van der Waals surface area contributed by atoms with Crippen LogP contribution < -0.4 is 0 Å². The van der Waals surface area contributed by atoms with Crippen molar-refractivity contribution in [2.75, 3.05) is 6.61 Å². The lowest BCUT2D eigenvalue weighted by atomic mass is 9.65. The summed E-state index contributed by atoms with van der Waals surface area (Å²) in [4.78, 5) is 24.8. The van der Waals surface area contributed by atoms with Gasteiger partial charge in [0, 0.05) is 22.6 Å². The molecule has 1 aliphatic carbocycles. The fourth-order valence-electron chi connectivity index (χ4n) is 3.37. The Hall–Kier alpha value is -2.01. The molecule has 1 aromatic rings. The van der Waals surface area contributed by atoms with Crippen molar-refractivity contribution in [1.29, 1.82) is 0 Å². The summed E-state index contributed by atoms with van der Waals surface area (Å²) in [7, 11) is -1.56. The molecule has 1 fully saturated rings. The van der Waals surface area contributed by atoms with Crippen LogP contribution >= 0.6 is 0 Å². The van der Waals surface area contributed by atoms with Crippen LogP contribution in [-0.2, 0) is 25.1 Å². The van der Waals surface area contributed by atoms with E-state index in [0.717, 1.165) is 0 Å². The van der Waals surface area contributed by atoms with Crippen LogP contribution in [0.2, 0.25) is 0 Å². The highest BCUT2D eigenvalue weighted by molar-refractivity contribution is 7.86. The minimum atomic E-state index is -1.56. The minimum absolute atomic E-state index is 0.0422. The summed E-state index contributed by atoms with van der Waals surface area (Å²) in [6.07, 6.45) is 5.91. The summed E-state index contributed by atoms with van der Waals surface area (Å²) >= 11 is 0. The molecule has 23 heavy (non-hydrogen) atoms. The molecule has 3 rings (SSSR count). The van der Waals surface area contributed by atoms with E-state index in [2.05, 4.69) is 6.58 Å². The third-order valence-electron chi connectivity index (χ3n) is 4.57. The van der Waals surface area contributed by atoms with Crippen molar-refractivity contribution in [3.05, 3.63) is 55.1 Å². The standard InChI is InChI=1S/C18H18O4S/c1-2-9-18-10-8-13(19)11-15(18)16(17(20)22-12-18)23(21)14-6-4-3-5-7-14/h2-8,10,15-16H,1,9,11-12H2/t15-,16-,18+,23?/m1/s1. The Morgan fingerprint density at radius 1 is 1.30 bits per heavy atom. The van der Waals surface area contributed by atoms with E-state index in [1.807, 2.05) is 12.1 Å². The number of esters is 1. The molecule has 1 unspecified atom stereocenters. The topological polar surface area (TPSA) is 60.4 Å². The Balaban J connectivity index is 2.02. The van der Waals surface area contributed by atoms with Gasteiger partial charge in [0.15, 0.2) is 5.78 Å². The molecule has 0 N–H and O–H groups in total. The van der Waals surface area contributed by atoms with Gasteiger partial charge in [-0.25, -0.2) is 0 Å². The number of hydrogen-bond donors (Lipinski definition) is 0. The van der Waals surface area contributed by atoms with Crippen LogP contribution in [0.5, 0.6) is 0 Å². The van der Waals surface area contributed by atoms with Gasteiger partial charge in [-0.2, -0.15) is 0 Å². The number of carbonyl (C=O) groups excluding carboxylic acids is 2. The van der Waals surface area contributed by atoms with E-state index >= 15 is 0 Å². The van der Waals surface area contributed by atoms with Gasteiger partial charge in [0.25, 0.3) is 0 Å². The summed E-state index contributed by atoms with van der Waals surface area (Å²) in [6.45, 7) is 3.97. The van der Waals surface area contributed by atoms with Crippen LogP contribution in [0.3, 0.4) is 0 Å². The number of cyclic esters (lactones) is 1. The Kier molecular flexibility index (Phi) is 4.31. The van der Waals surface area contributed by atoms with Crippen LogP contribution in [-0.4, -0.2) is 27.8 Å². The zero-order valence-corrected chi connectivity index (χ0v) is 13.5. The Bertz CT molecular complexity index is 694. The van der Waals surface area contributed by atoms with Crippen LogP contribution in [0, 0.1) is 11.3 Å². The minimum Gasteiger partial charge on any atom is -0.464 e. The van der Waals surface area contributed by atoms with Crippen LogP contribution in [0.1, 0.15) is 12.8 Å². The maximum absolute atomic E-state index is 13.0. The van der Waals surface area contributed by atoms with Crippen LogP contribution in [0.4, 0.5) is 0 Å². The number of rotatable bonds is 4. The lowest BCUT2D eigenvalue weighted by Crippen LogP contribution is -2.53. The van der Waals surface area contributed by atoms with Gasteiger partial charge in [-0.3, -0.25) is 13.8 Å². The highest BCUT2D eigenvalue weighted by Crippen LogP contribution is 2.46. The number of ketones is 1. The quantitative estimate of drug-likeness (QED) is 0.628. The predicted octanol–water partition coefficient (Wildman–Crippen LogP) is 2.43. The fourth-order valence-corrected chi connectivity index (χ4v) is 5.00. The highest BCUT2D eigenvalue weighted by atomic mass is 32.2. The van der Waals surface area contributed by atoms with Crippen LogP contribution in [0.15, 0.2) is 60.0 Å². The van der Waals surface area contributed by atoms with E-state index in [0.29, 0.717) is 11.3 Å². The smallest absolute Gasteiger partial charge is 0.322 e. The van der Waals surface area contributed by atoms with Gasteiger partial charge in [-0.15, -0.1) is 6.58 Å². The van der Waals surface area contributed by atoms with Gasteiger partial charge in [0.05, 0.1) is 10.8 Å². The zero-order chi connectivity index (χ0) is 16.4. The third-order valence-corrected chi connectivity index (χ3v) is 6.29. The largest absolute Gasteiger partial charge is 0.464 e. The molecule has 1 saturated heterocycles. The number of fused-ring (bicyclic) bond motifs is 1. The van der Waals surface area contributed by atoms with Gasteiger partial charge in [0.1, 0.15) is 11.9 Å². The number of allylic oxidation sites excluding steroid dienone is 2. The molecule has 0 amide bonds. The monoisotopic (exact) mass is 330 g/mol. The number of ether oxygens (including phenoxy) is 1. The first-order valence-corrected chi connectivity index (χ1v) is 8.74. The molecule has 1 heterocycles. The predicted molar refractivity (Wildman–Crippen MR) is 87.1 cm³/mol. The van der Waals surface area contributed by atoms with Crippen molar-refractivity contribution >= 4 is 22.6 Å². The molecule has 5 heteroatoms. The molecule has 4 atom stereocenters. The van der Waals surface area contributed by atoms with Crippen molar-refractivity contribution in [2.24, 2.45) is 11.3 Å². The molecule has 1 aliphatic heterocycles. The second-order valence-corrected chi connectivity index (χ2v) is 7.55. The molecule has 0 saturated carbocycles. The second-order valence-electron chi connectivity index (χ2n) is 5.97. The normalized spacial score (nSPS) is 31.1. The van der Waals surface area contributed by atoms with Crippen molar-refractivity contribution in [3.8, 4) is 0 Å². The average Bonchev–Trinajstić information content (AvgIpc) is 2.56. The lowest BCUT2D eigenvalue weighted by molar-refractivity contribution is -0.156. The maximum atomic E-state index is 13.0. The van der Waals surface area contributed by atoms with Gasteiger partial charge in [-0.1, -0.05) is 30.4 Å². The van der Waals surface area contributed by atoms with E-state index in [1.54, 1.807) is 36.4 Å². The molecule has 1 aromatic carbocycles. The Morgan fingerprint density at radius 2 is 2.04 bits per heavy atom. The van der Waals surface area contributed by atoms with Crippen molar-refractivity contribution < 1.29 is 18.5 Å². The molecule has 0 radical (unpaired) electrons. The molecule has 0 bridgehead atoms. The van der Waals surface area contributed by atoms with Crippen molar-refractivity contribution in [2.45, 2.75) is 23.0 Å². The van der Waals surface area contributed by atoms with E-state index in [4.69, 9.17) is 4.74 Å². The third kappa shape index (κ3) is 2.81. The van der Waals surface area contributed by atoms with Crippen molar-refractivity contribution in [1.82, 2.24) is 0 Å². The van der Waals surface area contributed by atoms with Gasteiger partial charge < -0.3 is 4.74 Å². The SMILES string of the molecule is C=CC[C@@]12C=CC(=O)C[C@@H]1[C@@H](S(=O)c1ccccc1)C(=O)OC2. The van der Waals surface area contributed by atoms with Gasteiger partial charge in [-0.05, 0) is 24.6 Å². The Morgan fingerprint density at radius 3 is 2.74 bits per heavy atom. The molecule has 4 nitrogen and oxygen atoms in total. The number of carbonyl (C=O) groups is 2. The van der Waals surface area contributed by atoms with E-state index in [1.165, 1.54) is 0 Å². The molecule has 120 valence electrons. The summed E-state index contributed by atoms with van der Waals surface area (Å²) in [5.74, 6) is -0.861. The summed E-state index contributed by atoms with van der Waals surface area (Å²) in [5, 5.41) is -0.833. The molecule has 0 aromatic heterocycles. The zero-order valence-electron chi connectivity index (χ0n) is 12.6. The molecular weight excluding hydrogens is 312 g/mol. The van der Waals surface area contributed by atoms with Gasteiger partial charge in [0.2, 0.25) is 0 Å². The Labute approximate surface area is 137 Å². The van der Waals surface area contributed by atoms with Gasteiger partial charge >= 0.3 is 5.97 Å². The lowest BCUT2D eigenvalue weighted by Gasteiger charge is -2.45. The van der Waals surface area contributed by atoms with E-state index in [-0.39, 0.29) is 24.7 Å². The van der Waals surface area contributed by atoms with Crippen LogP contribution in [0.25, 0.3) is 0 Å². The fraction of sp³-hybridized carbons (Fsp3) is 0.333. The van der Waals surface area contributed by atoms with E-state index in [9.17, 15) is 13.8 Å². The highest BCUT2D eigenvalue weighted by Gasteiger charge is 2.53. The number of hydrogen-bond acceptors (Lipinski definition) is 4. The molecule has 2 aliphatic rings. The summed E-state index contributed by atoms with van der Waals surface area (Å²) < 4.78 is 18.3.